The van der Waals surface area contributed by atoms with Crippen molar-refractivity contribution >= 4 is 17.7 Å². The van der Waals surface area contributed by atoms with Gasteiger partial charge in [-0.05, 0) is 31.4 Å². The minimum Gasteiger partial charge on any atom is -0.464 e. The van der Waals surface area contributed by atoms with Crippen LogP contribution in [-0.4, -0.2) is 70.8 Å². The van der Waals surface area contributed by atoms with E-state index in [4.69, 9.17) is 9.47 Å². The highest BCUT2D eigenvalue weighted by Crippen LogP contribution is 2.15. The first-order chi connectivity index (χ1) is 16.3. The second kappa shape index (κ2) is 12.4. The molecule has 0 saturated heterocycles. The van der Waals surface area contributed by atoms with E-state index in [2.05, 4.69) is 20.9 Å². The molecule has 3 atom stereocenters. The van der Waals surface area contributed by atoms with Gasteiger partial charge >= 0.3 is 12.0 Å². The van der Waals surface area contributed by atoms with Gasteiger partial charge in [0.25, 0.3) is 0 Å². The first-order valence-electron chi connectivity index (χ1n) is 11.5. The number of rotatable bonds is 3. The fraction of sp³-hybridized carbons (Fsp3) is 0.565. The van der Waals surface area contributed by atoms with Gasteiger partial charge < -0.3 is 25.0 Å². The van der Waals surface area contributed by atoms with E-state index >= 15 is 0 Å². The summed E-state index contributed by atoms with van der Waals surface area (Å²) in [5, 5.41) is 14.2. The Morgan fingerprint density at radius 2 is 2.15 bits per heavy atom. The third kappa shape index (κ3) is 7.77. The first kappa shape index (κ1) is 25.6. The van der Waals surface area contributed by atoms with Crippen molar-refractivity contribution in [2.24, 2.45) is 5.92 Å². The lowest BCUT2D eigenvalue weighted by atomic mass is 10.0. The number of hydrogen-bond donors (Lipinski definition) is 2. The van der Waals surface area contributed by atoms with Gasteiger partial charge in [-0.15, -0.1) is 5.10 Å². The SMILES string of the molecule is C[C@@H]1COC(=O)CCCn2cc(nn2)CO[C@@H](CN(C)C(=O)Nc2ccccc2F)[C@@H](C)CN1. The average molecular weight is 477 g/mol. The minimum atomic E-state index is -0.499. The summed E-state index contributed by atoms with van der Waals surface area (Å²) in [6, 6.07) is 5.55. The third-order valence-corrected chi connectivity index (χ3v) is 5.63. The van der Waals surface area contributed by atoms with Gasteiger partial charge in [0.15, 0.2) is 0 Å². The van der Waals surface area contributed by atoms with E-state index in [-0.39, 0.29) is 49.5 Å². The Balaban J connectivity index is 1.67. The van der Waals surface area contributed by atoms with Crippen molar-refractivity contribution in [3.8, 4) is 0 Å². The van der Waals surface area contributed by atoms with Gasteiger partial charge in [-0.25, -0.2) is 9.18 Å². The number of likely N-dealkylation sites (N-methyl/N-ethyl adjacent to an activating group) is 1. The molecule has 186 valence electrons. The molecular weight excluding hydrogens is 443 g/mol. The summed E-state index contributed by atoms with van der Waals surface area (Å²) < 4.78 is 27.1. The Bertz CT molecular complexity index is 955. The van der Waals surface area contributed by atoms with Crippen LogP contribution < -0.4 is 10.6 Å². The fourth-order valence-electron chi connectivity index (χ4n) is 3.48. The van der Waals surface area contributed by atoms with Gasteiger partial charge in [0.2, 0.25) is 0 Å². The Morgan fingerprint density at radius 1 is 1.35 bits per heavy atom. The maximum absolute atomic E-state index is 13.9. The second-order valence-electron chi connectivity index (χ2n) is 8.69. The molecule has 3 rings (SSSR count). The molecule has 1 aliphatic heterocycles. The molecule has 10 nitrogen and oxygen atoms in total. The van der Waals surface area contributed by atoms with E-state index in [1.807, 2.05) is 13.8 Å². The number of fused-ring (bicyclic) bond motifs is 2. The number of carbonyl (C=O) groups is 2. The van der Waals surface area contributed by atoms with E-state index in [0.717, 1.165) is 0 Å². The number of urea groups is 1. The number of esters is 1. The van der Waals surface area contributed by atoms with Crippen LogP contribution in [0, 0.1) is 11.7 Å². The van der Waals surface area contributed by atoms with Gasteiger partial charge in [0, 0.05) is 39.1 Å². The van der Waals surface area contributed by atoms with Crippen LogP contribution in [0.1, 0.15) is 32.4 Å². The molecule has 0 unspecified atom stereocenters. The van der Waals surface area contributed by atoms with Crippen molar-refractivity contribution in [3.05, 3.63) is 42.0 Å². The van der Waals surface area contributed by atoms with Crippen LogP contribution in [-0.2, 0) is 27.4 Å². The molecule has 0 aliphatic carbocycles. The van der Waals surface area contributed by atoms with Crippen LogP contribution >= 0.6 is 0 Å². The summed E-state index contributed by atoms with van der Waals surface area (Å²) in [6.45, 7) is 5.87. The first-order valence-corrected chi connectivity index (χ1v) is 11.5. The predicted octanol–water partition coefficient (Wildman–Crippen LogP) is 2.42. The summed E-state index contributed by atoms with van der Waals surface area (Å²) in [5.41, 5.74) is 0.777. The number of amides is 2. The number of halogens is 1. The van der Waals surface area contributed by atoms with Crippen LogP contribution in [0.25, 0.3) is 0 Å². The molecule has 2 heterocycles. The Morgan fingerprint density at radius 3 is 2.94 bits per heavy atom. The van der Waals surface area contributed by atoms with Gasteiger partial charge in [0.1, 0.15) is 18.1 Å². The van der Waals surface area contributed by atoms with E-state index in [0.29, 0.717) is 31.6 Å². The fourth-order valence-corrected chi connectivity index (χ4v) is 3.48. The predicted molar refractivity (Wildman–Crippen MR) is 123 cm³/mol. The number of aromatic nitrogens is 3. The number of benzene rings is 1. The number of cyclic esters (lactones) is 1. The third-order valence-electron chi connectivity index (χ3n) is 5.63. The molecule has 0 saturated carbocycles. The smallest absolute Gasteiger partial charge is 0.321 e. The van der Waals surface area contributed by atoms with Crippen LogP contribution in [0.3, 0.4) is 0 Å². The van der Waals surface area contributed by atoms with E-state index < -0.39 is 11.8 Å². The van der Waals surface area contributed by atoms with E-state index in [1.165, 1.54) is 17.0 Å². The molecule has 11 heteroatoms. The van der Waals surface area contributed by atoms with Crippen molar-refractivity contribution < 1.29 is 23.5 Å². The van der Waals surface area contributed by atoms with E-state index in [1.54, 1.807) is 30.1 Å². The summed E-state index contributed by atoms with van der Waals surface area (Å²) in [6.07, 6.45) is 2.37. The molecular formula is C23H33FN6O4. The van der Waals surface area contributed by atoms with Gasteiger partial charge in [-0.2, -0.15) is 0 Å². The van der Waals surface area contributed by atoms with Crippen LogP contribution in [0.5, 0.6) is 0 Å². The molecule has 0 spiro atoms. The highest BCUT2D eigenvalue weighted by Gasteiger charge is 2.24. The number of anilines is 1. The van der Waals surface area contributed by atoms with Crippen LogP contribution in [0.4, 0.5) is 14.9 Å². The Labute approximate surface area is 198 Å². The molecule has 0 fully saturated rings. The molecule has 1 aliphatic rings. The molecule has 0 radical (unpaired) electrons. The lowest BCUT2D eigenvalue weighted by molar-refractivity contribution is -0.144. The number of para-hydroxylation sites is 1. The Kier molecular flexibility index (Phi) is 9.34. The van der Waals surface area contributed by atoms with Crippen molar-refractivity contribution in [2.45, 2.75) is 52.0 Å². The monoisotopic (exact) mass is 476 g/mol. The lowest BCUT2D eigenvalue weighted by Crippen LogP contribution is -2.44. The number of hydrogen-bond acceptors (Lipinski definition) is 7. The highest BCUT2D eigenvalue weighted by atomic mass is 19.1. The summed E-state index contributed by atoms with van der Waals surface area (Å²) in [4.78, 5) is 26.1. The average Bonchev–Trinajstić information content (AvgIpc) is 3.27. The van der Waals surface area contributed by atoms with Crippen molar-refractivity contribution in [3.63, 3.8) is 0 Å². The number of ether oxygens (including phenoxy) is 2. The molecule has 34 heavy (non-hydrogen) atoms. The number of nitrogens with zero attached hydrogens (tertiary/aromatic N) is 4. The van der Waals surface area contributed by atoms with Gasteiger partial charge in [0.05, 0.1) is 24.6 Å². The number of nitrogens with one attached hydrogen (secondary N) is 2. The van der Waals surface area contributed by atoms with Crippen molar-refractivity contribution in [1.82, 2.24) is 25.2 Å². The molecule has 1 aromatic heterocycles. The Hall–Kier alpha value is -3.05. The van der Waals surface area contributed by atoms with Gasteiger partial charge in [-0.1, -0.05) is 24.3 Å². The summed E-state index contributed by atoms with van der Waals surface area (Å²) in [7, 11) is 1.64. The zero-order valence-electron chi connectivity index (χ0n) is 19.9. The van der Waals surface area contributed by atoms with Crippen molar-refractivity contribution in [1.29, 1.82) is 0 Å². The maximum atomic E-state index is 13.9. The van der Waals surface area contributed by atoms with Crippen LogP contribution in [0.15, 0.2) is 30.5 Å². The van der Waals surface area contributed by atoms with Crippen LogP contribution in [0.2, 0.25) is 0 Å². The molecule has 2 amide bonds. The zero-order valence-corrected chi connectivity index (χ0v) is 19.9. The second-order valence-corrected chi connectivity index (χ2v) is 8.69. The number of aryl methyl sites for hydroxylation is 1. The summed E-state index contributed by atoms with van der Waals surface area (Å²) in [5.74, 6) is -0.733. The molecule has 1 aromatic carbocycles. The lowest BCUT2D eigenvalue weighted by Gasteiger charge is -2.30. The van der Waals surface area contributed by atoms with E-state index in [9.17, 15) is 14.0 Å². The zero-order chi connectivity index (χ0) is 24.5. The standard InChI is InChI=1S/C23H33FN6O4/c1-16-11-25-17(2)14-34-22(31)9-6-10-30-12-18(27-28-30)15-33-21(16)13-29(3)23(32)26-20-8-5-4-7-19(20)24/h4-5,7-8,12,16-17,21,25H,6,9-11,13-15H2,1-3H3,(H,26,32)/t16-,17+,21-/m0/s1. The minimum absolute atomic E-state index is 0.00446. The molecule has 2 aromatic rings. The maximum Gasteiger partial charge on any atom is 0.321 e. The molecule has 2 bridgehead atoms. The summed E-state index contributed by atoms with van der Waals surface area (Å²) >= 11 is 0. The normalized spacial score (nSPS) is 22.6. The quantitative estimate of drug-likeness (QED) is 0.655. The van der Waals surface area contributed by atoms with Crippen molar-refractivity contribution in [2.75, 3.05) is 32.1 Å². The highest BCUT2D eigenvalue weighted by molar-refractivity contribution is 5.89. The molecule has 2 N–H and O–H groups in total. The topological polar surface area (TPSA) is 111 Å². The van der Waals surface area contributed by atoms with Gasteiger partial charge in [-0.3, -0.25) is 9.48 Å². The number of carbonyl (C=O) groups excluding carboxylic acids is 2. The largest absolute Gasteiger partial charge is 0.464 e.